The van der Waals surface area contributed by atoms with Crippen LogP contribution in [0.3, 0.4) is 0 Å². The quantitative estimate of drug-likeness (QED) is 0.625. The van der Waals surface area contributed by atoms with Gasteiger partial charge in [0.2, 0.25) is 0 Å². The Kier molecular flexibility index (Phi) is 5.97. The number of guanidine groups is 1. The van der Waals surface area contributed by atoms with Crippen molar-refractivity contribution in [1.82, 2.24) is 15.6 Å². The van der Waals surface area contributed by atoms with E-state index in [0.29, 0.717) is 6.04 Å². The summed E-state index contributed by atoms with van der Waals surface area (Å²) in [4.78, 5) is 9.88. The molecule has 4 nitrogen and oxygen atoms in total. The lowest BCUT2D eigenvalue weighted by Crippen LogP contribution is -2.41. The highest BCUT2D eigenvalue weighted by Gasteiger charge is 2.04. The number of hydrogen-bond acceptors (Lipinski definition) is 3. The molecule has 0 fully saturated rings. The first-order valence-electron chi connectivity index (χ1n) is 6.10. The number of aryl methyl sites for hydroxylation is 1. The Morgan fingerprint density at radius 3 is 2.82 bits per heavy atom. The number of aliphatic imine (C=N–C) groups is 1. The molecule has 1 unspecified atom stereocenters. The molecule has 1 aromatic rings. The van der Waals surface area contributed by atoms with Gasteiger partial charge in [-0.3, -0.25) is 4.99 Å². The van der Waals surface area contributed by atoms with E-state index in [2.05, 4.69) is 41.4 Å². The fraction of sp³-hybridized carbons (Fsp3) is 0.667. The molecule has 5 heteroatoms. The molecular formula is C12H22N4S. The van der Waals surface area contributed by atoms with E-state index < -0.39 is 0 Å². The minimum absolute atomic E-state index is 0.434. The Labute approximate surface area is 108 Å². The average molecular weight is 254 g/mol. The van der Waals surface area contributed by atoms with E-state index in [9.17, 15) is 0 Å². The predicted octanol–water partition coefficient (Wildman–Crippen LogP) is 2.17. The molecule has 1 atom stereocenters. The van der Waals surface area contributed by atoms with Crippen molar-refractivity contribution in [3.05, 3.63) is 16.1 Å². The zero-order valence-electron chi connectivity index (χ0n) is 11.1. The molecule has 17 heavy (non-hydrogen) atoms. The number of nitrogens with zero attached hydrogens (tertiary/aromatic N) is 2. The number of thiazole rings is 1. The first-order valence-corrected chi connectivity index (χ1v) is 6.92. The first-order chi connectivity index (χ1) is 8.19. The van der Waals surface area contributed by atoms with Crippen LogP contribution in [0.2, 0.25) is 0 Å². The van der Waals surface area contributed by atoms with Gasteiger partial charge in [0.1, 0.15) is 5.01 Å². The van der Waals surface area contributed by atoms with Crippen molar-refractivity contribution in [3.8, 4) is 0 Å². The monoisotopic (exact) mass is 254 g/mol. The maximum absolute atomic E-state index is 4.37. The summed E-state index contributed by atoms with van der Waals surface area (Å²) in [5, 5.41) is 7.70. The largest absolute Gasteiger partial charge is 0.354 e. The van der Waals surface area contributed by atoms with Gasteiger partial charge in [-0.25, -0.2) is 4.98 Å². The lowest BCUT2D eigenvalue weighted by Gasteiger charge is -2.15. The minimum atomic E-state index is 0.434. The normalized spacial score (nSPS) is 13.5. The van der Waals surface area contributed by atoms with Crippen molar-refractivity contribution in [1.29, 1.82) is 0 Å². The summed E-state index contributed by atoms with van der Waals surface area (Å²) >= 11 is 1.75. The second kappa shape index (κ2) is 7.27. The second-order valence-corrected chi connectivity index (χ2v) is 5.15. The van der Waals surface area contributed by atoms with Crippen molar-refractivity contribution in [2.24, 2.45) is 4.99 Å². The van der Waals surface area contributed by atoms with E-state index in [1.165, 1.54) is 4.88 Å². The van der Waals surface area contributed by atoms with Crippen LogP contribution in [0.5, 0.6) is 0 Å². The van der Waals surface area contributed by atoms with E-state index in [0.717, 1.165) is 30.4 Å². The van der Waals surface area contributed by atoms with Gasteiger partial charge in [-0.15, -0.1) is 11.3 Å². The van der Waals surface area contributed by atoms with Gasteiger partial charge < -0.3 is 10.6 Å². The van der Waals surface area contributed by atoms with Crippen LogP contribution >= 0.6 is 11.3 Å². The maximum Gasteiger partial charge on any atom is 0.191 e. The Hall–Kier alpha value is -1.10. The molecule has 0 saturated heterocycles. The van der Waals surface area contributed by atoms with Gasteiger partial charge in [-0.1, -0.05) is 13.8 Å². The standard InChI is InChI=1S/C12H22N4S/c1-5-9(3)16-12(13-4)15-8-11-14-7-10(6-2)17-11/h7,9H,5-6,8H2,1-4H3,(H2,13,15,16). The molecular weight excluding hydrogens is 232 g/mol. The van der Waals surface area contributed by atoms with Gasteiger partial charge in [0, 0.05) is 24.2 Å². The van der Waals surface area contributed by atoms with Crippen LogP contribution in [-0.2, 0) is 13.0 Å². The van der Waals surface area contributed by atoms with Gasteiger partial charge in [0.25, 0.3) is 0 Å². The topological polar surface area (TPSA) is 49.3 Å². The zero-order chi connectivity index (χ0) is 12.7. The van der Waals surface area contributed by atoms with Crippen LogP contribution in [0.15, 0.2) is 11.2 Å². The number of rotatable bonds is 5. The smallest absolute Gasteiger partial charge is 0.191 e. The molecule has 0 aliphatic carbocycles. The summed E-state index contributed by atoms with van der Waals surface area (Å²) in [7, 11) is 1.79. The van der Waals surface area contributed by atoms with E-state index in [1.54, 1.807) is 18.4 Å². The molecule has 0 aliphatic heterocycles. The SMILES string of the molecule is CCc1cnc(CNC(=NC)NC(C)CC)s1. The summed E-state index contributed by atoms with van der Waals surface area (Å²) in [6.45, 7) is 7.18. The molecule has 0 amide bonds. The van der Waals surface area contributed by atoms with Crippen LogP contribution in [-0.4, -0.2) is 24.0 Å². The Bertz CT molecular complexity index is 359. The van der Waals surface area contributed by atoms with Gasteiger partial charge in [0.15, 0.2) is 5.96 Å². The van der Waals surface area contributed by atoms with E-state index in [-0.39, 0.29) is 0 Å². The minimum Gasteiger partial charge on any atom is -0.354 e. The highest BCUT2D eigenvalue weighted by molar-refractivity contribution is 7.11. The lowest BCUT2D eigenvalue weighted by molar-refractivity contribution is 0.624. The molecule has 96 valence electrons. The molecule has 1 aromatic heterocycles. The Morgan fingerprint density at radius 2 is 2.29 bits per heavy atom. The van der Waals surface area contributed by atoms with Crippen LogP contribution in [0, 0.1) is 0 Å². The average Bonchev–Trinajstić information content (AvgIpc) is 2.82. The van der Waals surface area contributed by atoms with Crippen molar-refractivity contribution in [2.45, 2.75) is 46.2 Å². The lowest BCUT2D eigenvalue weighted by atomic mass is 10.3. The van der Waals surface area contributed by atoms with E-state index in [4.69, 9.17) is 0 Å². The predicted molar refractivity (Wildman–Crippen MR) is 74.6 cm³/mol. The number of aromatic nitrogens is 1. The molecule has 1 heterocycles. The van der Waals surface area contributed by atoms with Crippen LogP contribution in [0.4, 0.5) is 0 Å². The molecule has 0 bridgehead atoms. The van der Waals surface area contributed by atoms with E-state index in [1.807, 2.05) is 6.20 Å². The molecule has 0 aliphatic rings. The Balaban J connectivity index is 2.42. The maximum atomic E-state index is 4.37. The third-order valence-corrected chi connectivity index (χ3v) is 3.72. The molecule has 0 spiro atoms. The molecule has 0 radical (unpaired) electrons. The molecule has 0 saturated carbocycles. The first kappa shape index (κ1) is 14.0. The summed E-state index contributed by atoms with van der Waals surface area (Å²) in [5.41, 5.74) is 0. The molecule has 2 N–H and O–H groups in total. The van der Waals surface area contributed by atoms with Crippen LogP contribution < -0.4 is 10.6 Å². The third kappa shape index (κ3) is 4.73. The van der Waals surface area contributed by atoms with Gasteiger partial charge in [-0.2, -0.15) is 0 Å². The number of hydrogen-bond donors (Lipinski definition) is 2. The summed E-state index contributed by atoms with van der Waals surface area (Å²) < 4.78 is 0. The molecule has 1 rings (SSSR count). The third-order valence-electron chi connectivity index (χ3n) is 2.58. The van der Waals surface area contributed by atoms with Crippen molar-refractivity contribution < 1.29 is 0 Å². The molecule has 0 aromatic carbocycles. The summed E-state index contributed by atoms with van der Waals surface area (Å²) in [5.74, 6) is 0.840. The summed E-state index contributed by atoms with van der Waals surface area (Å²) in [6, 6.07) is 0.434. The van der Waals surface area contributed by atoms with Crippen LogP contribution in [0.25, 0.3) is 0 Å². The van der Waals surface area contributed by atoms with Gasteiger partial charge in [-0.05, 0) is 19.8 Å². The second-order valence-electron chi connectivity index (χ2n) is 3.95. The van der Waals surface area contributed by atoms with Crippen molar-refractivity contribution in [3.63, 3.8) is 0 Å². The zero-order valence-corrected chi connectivity index (χ0v) is 11.9. The fourth-order valence-corrected chi connectivity index (χ4v) is 2.08. The Morgan fingerprint density at radius 1 is 1.53 bits per heavy atom. The number of nitrogens with one attached hydrogen (secondary N) is 2. The fourth-order valence-electron chi connectivity index (χ4n) is 1.28. The van der Waals surface area contributed by atoms with Gasteiger partial charge >= 0.3 is 0 Å². The highest BCUT2D eigenvalue weighted by Crippen LogP contribution is 2.12. The van der Waals surface area contributed by atoms with Crippen molar-refractivity contribution >= 4 is 17.3 Å². The highest BCUT2D eigenvalue weighted by atomic mass is 32.1. The van der Waals surface area contributed by atoms with Gasteiger partial charge in [0.05, 0.1) is 6.54 Å². The van der Waals surface area contributed by atoms with E-state index >= 15 is 0 Å². The van der Waals surface area contributed by atoms with Crippen molar-refractivity contribution in [2.75, 3.05) is 7.05 Å². The summed E-state index contributed by atoms with van der Waals surface area (Å²) in [6.07, 6.45) is 4.09. The van der Waals surface area contributed by atoms with Crippen LogP contribution in [0.1, 0.15) is 37.1 Å².